The van der Waals surface area contributed by atoms with E-state index in [2.05, 4.69) is 19.9 Å². The number of aryl methyl sites for hydroxylation is 3. The predicted octanol–water partition coefficient (Wildman–Crippen LogP) is 6.24. The summed E-state index contributed by atoms with van der Waals surface area (Å²) in [5.41, 5.74) is 1.98. The first-order valence-corrected chi connectivity index (χ1v) is 13.1. The van der Waals surface area contributed by atoms with Crippen molar-refractivity contribution >= 4 is 22.5 Å². The van der Waals surface area contributed by atoms with Gasteiger partial charge in [0.1, 0.15) is 11.5 Å². The highest BCUT2D eigenvalue weighted by atomic mass is 35.5. The second kappa shape index (κ2) is 10.4. The summed E-state index contributed by atoms with van der Waals surface area (Å²) in [6, 6.07) is 11.2. The van der Waals surface area contributed by atoms with E-state index < -0.39 is 17.5 Å². The molecular formula is C30H27ClF3N5O2. The van der Waals surface area contributed by atoms with Gasteiger partial charge in [0.05, 0.1) is 29.5 Å². The van der Waals surface area contributed by atoms with Gasteiger partial charge in [0, 0.05) is 47.6 Å². The largest absolute Gasteiger partial charge is 0.481 e. The first-order valence-electron chi connectivity index (χ1n) is 12.7. The normalized spacial score (nSPS) is 13.4. The Bertz CT molecular complexity index is 1770. The van der Waals surface area contributed by atoms with Crippen LogP contribution in [-0.2, 0) is 25.2 Å². The topological polar surface area (TPSA) is 86.0 Å². The van der Waals surface area contributed by atoms with E-state index in [4.69, 9.17) is 16.3 Å². The minimum Gasteiger partial charge on any atom is -0.481 e. The van der Waals surface area contributed by atoms with Gasteiger partial charge in [-0.1, -0.05) is 29.8 Å². The molecule has 0 spiro atoms. The molecule has 1 aromatic carbocycles. The van der Waals surface area contributed by atoms with Crippen LogP contribution in [0.25, 0.3) is 10.9 Å². The smallest absolute Gasteiger partial charge is 0.433 e. The zero-order valence-electron chi connectivity index (χ0n) is 23.0. The predicted molar refractivity (Wildman–Crippen MR) is 149 cm³/mol. The van der Waals surface area contributed by atoms with Crippen molar-refractivity contribution in [3.8, 4) is 5.88 Å². The lowest BCUT2D eigenvalue weighted by Crippen LogP contribution is -2.32. The number of aliphatic hydroxyl groups is 1. The Balaban J connectivity index is 1.69. The second-order valence-electron chi connectivity index (χ2n) is 9.92. The fourth-order valence-electron chi connectivity index (χ4n) is 5.04. The maximum atomic E-state index is 13.0. The number of fused-ring (bicyclic) bond motifs is 1. The molecule has 5 aromatic rings. The number of benzene rings is 1. The first kappa shape index (κ1) is 28.5. The van der Waals surface area contributed by atoms with Crippen LogP contribution in [0.1, 0.15) is 50.9 Å². The number of alkyl halides is 3. The SMILES string of the molecule is COc1nc2ccc(C(O)(c3ccc(C)nc3C)c3cnc(C)n3C)cc2c(Cl)c1Cc1ccc(C(F)(F)F)nc1. The number of hydrogen-bond acceptors (Lipinski definition) is 6. The van der Waals surface area contributed by atoms with E-state index in [-0.39, 0.29) is 12.3 Å². The average Bonchev–Trinajstić information content (AvgIpc) is 3.27. The summed E-state index contributed by atoms with van der Waals surface area (Å²) in [5, 5.41) is 13.4. The molecule has 0 saturated heterocycles. The molecule has 1 N–H and O–H groups in total. The van der Waals surface area contributed by atoms with E-state index in [9.17, 15) is 18.3 Å². The quantitative estimate of drug-likeness (QED) is 0.255. The van der Waals surface area contributed by atoms with Crippen LogP contribution in [0.3, 0.4) is 0 Å². The van der Waals surface area contributed by atoms with E-state index in [0.29, 0.717) is 55.4 Å². The lowest BCUT2D eigenvalue weighted by Gasteiger charge is -2.31. The highest BCUT2D eigenvalue weighted by molar-refractivity contribution is 6.36. The van der Waals surface area contributed by atoms with Crippen LogP contribution in [0.5, 0.6) is 5.88 Å². The number of imidazole rings is 1. The van der Waals surface area contributed by atoms with Crippen LogP contribution in [0.2, 0.25) is 5.02 Å². The van der Waals surface area contributed by atoms with Crippen molar-refractivity contribution in [1.29, 1.82) is 0 Å². The Morgan fingerprint density at radius 3 is 2.32 bits per heavy atom. The minimum atomic E-state index is -4.54. The van der Waals surface area contributed by atoms with Gasteiger partial charge < -0.3 is 14.4 Å². The monoisotopic (exact) mass is 581 g/mol. The van der Waals surface area contributed by atoms with Gasteiger partial charge in [-0.3, -0.25) is 9.97 Å². The van der Waals surface area contributed by atoms with Gasteiger partial charge in [-0.15, -0.1) is 0 Å². The van der Waals surface area contributed by atoms with E-state index >= 15 is 0 Å². The Hall–Kier alpha value is -4.02. The standard InChI is InChI=1S/C30H27ClF3N5O2/c1-16-6-9-23(17(2)37-16)29(40,26-15-35-18(3)39(26)4)20-8-10-24-21(13-20)27(31)22(28(38-24)41-5)12-19-7-11-25(36-14-19)30(32,33)34/h6-11,13-15,40H,12H2,1-5H3. The number of halogens is 4. The van der Waals surface area contributed by atoms with Gasteiger partial charge >= 0.3 is 6.18 Å². The molecule has 0 amide bonds. The van der Waals surface area contributed by atoms with Crippen molar-refractivity contribution in [3.05, 3.63) is 111 Å². The molecule has 0 fully saturated rings. The second-order valence-corrected chi connectivity index (χ2v) is 10.3. The molecule has 11 heteroatoms. The van der Waals surface area contributed by atoms with Gasteiger partial charge in [-0.2, -0.15) is 13.2 Å². The molecule has 0 aliphatic heterocycles. The lowest BCUT2D eigenvalue weighted by atomic mass is 9.82. The molecule has 0 aliphatic carbocycles. The van der Waals surface area contributed by atoms with Crippen molar-refractivity contribution < 1.29 is 23.0 Å². The summed E-state index contributed by atoms with van der Waals surface area (Å²) >= 11 is 6.95. The van der Waals surface area contributed by atoms with Gasteiger partial charge in [0.15, 0.2) is 5.60 Å². The molecule has 1 atom stereocenters. The third-order valence-electron chi connectivity index (χ3n) is 7.29. The summed E-state index contributed by atoms with van der Waals surface area (Å²) in [5.74, 6) is 0.958. The molecule has 5 rings (SSSR count). The third-order valence-corrected chi connectivity index (χ3v) is 7.72. The van der Waals surface area contributed by atoms with Crippen LogP contribution in [0.15, 0.2) is 54.9 Å². The molecule has 0 saturated carbocycles. The minimum absolute atomic E-state index is 0.131. The third kappa shape index (κ3) is 5.02. The number of pyridine rings is 3. The van der Waals surface area contributed by atoms with E-state index in [1.807, 2.05) is 44.5 Å². The maximum absolute atomic E-state index is 13.0. The molecule has 7 nitrogen and oxygen atoms in total. The van der Waals surface area contributed by atoms with Crippen LogP contribution in [-0.4, -0.2) is 36.7 Å². The molecule has 1 unspecified atom stereocenters. The van der Waals surface area contributed by atoms with Crippen molar-refractivity contribution in [2.24, 2.45) is 7.05 Å². The molecule has 0 bridgehead atoms. The van der Waals surface area contributed by atoms with Gasteiger partial charge in [0.2, 0.25) is 5.88 Å². The van der Waals surface area contributed by atoms with Crippen molar-refractivity contribution in [1.82, 2.24) is 24.5 Å². The average molecular weight is 582 g/mol. The van der Waals surface area contributed by atoms with Crippen molar-refractivity contribution in [2.45, 2.75) is 39.0 Å². The Morgan fingerprint density at radius 1 is 0.976 bits per heavy atom. The van der Waals surface area contributed by atoms with E-state index in [1.165, 1.54) is 13.2 Å². The summed E-state index contributed by atoms with van der Waals surface area (Å²) in [4.78, 5) is 17.2. The van der Waals surface area contributed by atoms with Crippen LogP contribution >= 0.6 is 11.6 Å². The Morgan fingerprint density at radius 2 is 1.73 bits per heavy atom. The van der Waals surface area contributed by atoms with Gasteiger partial charge in [-0.05, 0) is 56.2 Å². The maximum Gasteiger partial charge on any atom is 0.433 e. The molecule has 4 aromatic heterocycles. The van der Waals surface area contributed by atoms with Gasteiger partial charge in [-0.25, -0.2) is 9.97 Å². The molecular weight excluding hydrogens is 555 g/mol. The zero-order chi connectivity index (χ0) is 29.7. The molecule has 212 valence electrons. The zero-order valence-corrected chi connectivity index (χ0v) is 23.8. The number of methoxy groups -OCH3 is 1. The summed E-state index contributed by atoms with van der Waals surface area (Å²) in [6.07, 6.45) is -1.61. The summed E-state index contributed by atoms with van der Waals surface area (Å²) in [6.45, 7) is 5.57. The van der Waals surface area contributed by atoms with Crippen LogP contribution < -0.4 is 4.74 Å². The number of ether oxygens (including phenoxy) is 1. The summed E-state index contributed by atoms with van der Waals surface area (Å²) < 4.78 is 46.4. The number of rotatable bonds is 6. The number of nitrogens with zero attached hydrogens (tertiary/aromatic N) is 5. The van der Waals surface area contributed by atoms with E-state index in [0.717, 1.165) is 18.0 Å². The van der Waals surface area contributed by atoms with E-state index in [1.54, 1.807) is 24.4 Å². The molecule has 4 heterocycles. The number of hydrogen-bond donors (Lipinski definition) is 1. The molecule has 41 heavy (non-hydrogen) atoms. The molecule has 0 radical (unpaired) electrons. The Kier molecular flexibility index (Phi) is 7.25. The van der Waals surface area contributed by atoms with Crippen molar-refractivity contribution in [2.75, 3.05) is 7.11 Å². The fraction of sp³-hybridized carbons (Fsp3) is 0.267. The van der Waals surface area contributed by atoms with Crippen LogP contribution in [0, 0.1) is 20.8 Å². The Labute approximate surface area is 239 Å². The summed E-state index contributed by atoms with van der Waals surface area (Å²) in [7, 11) is 3.28. The highest BCUT2D eigenvalue weighted by Crippen LogP contribution is 2.41. The van der Waals surface area contributed by atoms with Gasteiger partial charge in [0.25, 0.3) is 0 Å². The first-order chi connectivity index (χ1) is 19.3. The fourth-order valence-corrected chi connectivity index (χ4v) is 5.34. The molecule has 0 aliphatic rings. The lowest BCUT2D eigenvalue weighted by molar-refractivity contribution is -0.141. The highest BCUT2D eigenvalue weighted by Gasteiger charge is 2.39. The van der Waals surface area contributed by atoms with Crippen LogP contribution in [0.4, 0.5) is 13.2 Å². The number of aromatic nitrogens is 5. The van der Waals surface area contributed by atoms with Crippen molar-refractivity contribution in [3.63, 3.8) is 0 Å².